The Morgan fingerprint density at radius 1 is 1.24 bits per heavy atom. The van der Waals surface area contributed by atoms with Crippen molar-refractivity contribution in [3.8, 4) is 0 Å². The molecular weight excluding hydrogens is 266 g/mol. The molecule has 1 N–H and O–H groups in total. The van der Waals surface area contributed by atoms with E-state index >= 15 is 0 Å². The maximum absolute atomic E-state index is 12.1. The van der Waals surface area contributed by atoms with Crippen molar-refractivity contribution in [3.63, 3.8) is 0 Å². The monoisotopic (exact) mass is 289 g/mol. The number of hydrogen-bond acceptors (Lipinski definition) is 3. The SMILES string of the molecule is Cc1ccc(C(=O)CCC(=O)N2CCC(C)C(O)C2)cc1. The summed E-state index contributed by atoms with van der Waals surface area (Å²) in [6, 6.07) is 7.40. The number of piperidine rings is 1. The van der Waals surface area contributed by atoms with Crippen molar-refractivity contribution in [3.05, 3.63) is 35.4 Å². The molecule has 0 aromatic heterocycles. The van der Waals surface area contributed by atoms with Crippen LogP contribution in [0.4, 0.5) is 0 Å². The molecular formula is C17H23NO3. The fraction of sp³-hybridized carbons (Fsp3) is 0.529. The summed E-state index contributed by atoms with van der Waals surface area (Å²) in [5.41, 5.74) is 1.76. The maximum Gasteiger partial charge on any atom is 0.223 e. The number of rotatable bonds is 4. The summed E-state index contributed by atoms with van der Waals surface area (Å²) in [7, 11) is 0. The molecule has 114 valence electrons. The molecule has 2 atom stereocenters. The van der Waals surface area contributed by atoms with Crippen molar-refractivity contribution in [2.45, 2.75) is 39.2 Å². The van der Waals surface area contributed by atoms with Gasteiger partial charge in [-0.3, -0.25) is 9.59 Å². The highest BCUT2D eigenvalue weighted by Crippen LogP contribution is 2.18. The number of likely N-dealkylation sites (tertiary alicyclic amines) is 1. The molecule has 1 aromatic rings. The van der Waals surface area contributed by atoms with Crippen LogP contribution in [0.2, 0.25) is 0 Å². The van der Waals surface area contributed by atoms with E-state index in [1.807, 2.05) is 26.0 Å². The first-order valence-corrected chi connectivity index (χ1v) is 7.53. The molecule has 1 fully saturated rings. The van der Waals surface area contributed by atoms with Crippen LogP contribution in [-0.2, 0) is 4.79 Å². The second-order valence-corrected chi connectivity index (χ2v) is 5.96. The van der Waals surface area contributed by atoms with Crippen LogP contribution < -0.4 is 0 Å². The predicted octanol–water partition coefficient (Wildman–Crippen LogP) is 2.19. The van der Waals surface area contributed by atoms with E-state index in [9.17, 15) is 14.7 Å². The van der Waals surface area contributed by atoms with Crippen molar-refractivity contribution in [1.29, 1.82) is 0 Å². The molecule has 0 radical (unpaired) electrons. The number of ketones is 1. The molecule has 1 aliphatic heterocycles. The fourth-order valence-corrected chi connectivity index (χ4v) is 2.54. The normalized spacial score (nSPS) is 22.1. The fourth-order valence-electron chi connectivity index (χ4n) is 2.54. The Morgan fingerprint density at radius 3 is 2.52 bits per heavy atom. The standard InChI is InChI=1S/C17H23NO3/c1-12-3-5-14(6-4-12)15(19)7-8-17(21)18-10-9-13(2)16(20)11-18/h3-6,13,16,20H,7-11H2,1-2H3. The number of Topliss-reactive ketones (excluding diaryl/α,β-unsaturated/α-hetero) is 1. The second-order valence-electron chi connectivity index (χ2n) is 5.96. The van der Waals surface area contributed by atoms with Gasteiger partial charge in [-0.15, -0.1) is 0 Å². The number of aliphatic hydroxyl groups excluding tert-OH is 1. The number of carbonyl (C=O) groups is 2. The number of carbonyl (C=O) groups excluding carboxylic acids is 2. The van der Waals surface area contributed by atoms with Gasteiger partial charge in [-0.2, -0.15) is 0 Å². The average molecular weight is 289 g/mol. The molecule has 1 aromatic carbocycles. The van der Waals surface area contributed by atoms with Gasteiger partial charge >= 0.3 is 0 Å². The van der Waals surface area contributed by atoms with Crippen LogP contribution in [0.1, 0.15) is 42.1 Å². The zero-order valence-corrected chi connectivity index (χ0v) is 12.7. The number of benzene rings is 1. The minimum Gasteiger partial charge on any atom is -0.391 e. The van der Waals surface area contributed by atoms with Gasteiger partial charge < -0.3 is 10.0 Å². The number of aryl methyl sites for hydroxylation is 1. The molecule has 4 nitrogen and oxygen atoms in total. The van der Waals surface area contributed by atoms with Crippen LogP contribution in [0, 0.1) is 12.8 Å². The quantitative estimate of drug-likeness (QED) is 0.864. The highest BCUT2D eigenvalue weighted by molar-refractivity contribution is 5.97. The van der Waals surface area contributed by atoms with Gasteiger partial charge in [0, 0.05) is 31.5 Å². The summed E-state index contributed by atoms with van der Waals surface area (Å²) < 4.78 is 0. The van der Waals surface area contributed by atoms with E-state index in [2.05, 4.69) is 0 Å². The third-order valence-electron chi connectivity index (χ3n) is 4.21. The van der Waals surface area contributed by atoms with E-state index < -0.39 is 6.10 Å². The Labute approximate surface area is 125 Å². The highest BCUT2D eigenvalue weighted by Gasteiger charge is 2.27. The van der Waals surface area contributed by atoms with E-state index in [0.29, 0.717) is 18.7 Å². The van der Waals surface area contributed by atoms with Crippen molar-refractivity contribution < 1.29 is 14.7 Å². The Kier molecular flexibility index (Phi) is 5.12. The Bertz CT molecular complexity index is 509. The number of amides is 1. The van der Waals surface area contributed by atoms with Gasteiger partial charge in [0.05, 0.1) is 6.10 Å². The lowest BCUT2D eigenvalue weighted by Gasteiger charge is -2.34. The summed E-state index contributed by atoms with van der Waals surface area (Å²) in [6.45, 7) is 5.03. The van der Waals surface area contributed by atoms with Crippen LogP contribution in [0.3, 0.4) is 0 Å². The van der Waals surface area contributed by atoms with E-state index in [-0.39, 0.29) is 30.4 Å². The van der Waals surface area contributed by atoms with E-state index in [0.717, 1.165) is 12.0 Å². The highest BCUT2D eigenvalue weighted by atomic mass is 16.3. The molecule has 1 aliphatic rings. The Hall–Kier alpha value is -1.68. The maximum atomic E-state index is 12.1. The van der Waals surface area contributed by atoms with E-state index in [1.54, 1.807) is 17.0 Å². The van der Waals surface area contributed by atoms with Crippen LogP contribution in [0.15, 0.2) is 24.3 Å². The molecule has 2 unspecified atom stereocenters. The topological polar surface area (TPSA) is 57.6 Å². The summed E-state index contributed by atoms with van der Waals surface area (Å²) in [5, 5.41) is 9.82. The van der Waals surface area contributed by atoms with Gasteiger partial charge in [0.25, 0.3) is 0 Å². The minimum absolute atomic E-state index is 0.00530. The molecule has 1 heterocycles. The molecule has 1 amide bonds. The Morgan fingerprint density at radius 2 is 1.90 bits per heavy atom. The van der Waals surface area contributed by atoms with Gasteiger partial charge in [0.1, 0.15) is 0 Å². The van der Waals surface area contributed by atoms with Crippen molar-refractivity contribution in [2.24, 2.45) is 5.92 Å². The molecule has 0 saturated carbocycles. The number of hydrogen-bond donors (Lipinski definition) is 1. The zero-order chi connectivity index (χ0) is 15.4. The van der Waals surface area contributed by atoms with Gasteiger partial charge in [0.15, 0.2) is 5.78 Å². The first-order chi connectivity index (χ1) is 9.97. The van der Waals surface area contributed by atoms with Gasteiger partial charge in [0.2, 0.25) is 5.91 Å². The minimum atomic E-state index is -0.449. The molecule has 21 heavy (non-hydrogen) atoms. The first-order valence-electron chi connectivity index (χ1n) is 7.53. The number of nitrogens with zero attached hydrogens (tertiary/aromatic N) is 1. The summed E-state index contributed by atoms with van der Waals surface area (Å²) in [6.07, 6.45) is 0.812. The van der Waals surface area contributed by atoms with Crippen LogP contribution in [0.25, 0.3) is 0 Å². The lowest BCUT2D eigenvalue weighted by Crippen LogP contribution is -2.45. The Balaban J connectivity index is 1.83. The van der Waals surface area contributed by atoms with Crippen LogP contribution in [-0.4, -0.2) is 40.9 Å². The third-order valence-corrected chi connectivity index (χ3v) is 4.21. The zero-order valence-electron chi connectivity index (χ0n) is 12.7. The van der Waals surface area contributed by atoms with Crippen molar-refractivity contribution in [2.75, 3.05) is 13.1 Å². The smallest absolute Gasteiger partial charge is 0.223 e. The lowest BCUT2D eigenvalue weighted by molar-refractivity contribution is -0.135. The number of aliphatic hydroxyl groups is 1. The second kappa shape index (κ2) is 6.85. The van der Waals surface area contributed by atoms with E-state index in [4.69, 9.17) is 0 Å². The first kappa shape index (κ1) is 15.7. The molecule has 0 bridgehead atoms. The molecule has 1 saturated heterocycles. The third kappa shape index (κ3) is 4.14. The van der Waals surface area contributed by atoms with Gasteiger partial charge in [-0.05, 0) is 19.3 Å². The summed E-state index contributed by atoms with van der Waals surface area (Å²) in [5.74, 6) is 0.193. The molecule has 4 heteroatoms. The van der Waals surface area contributed by atoms with Gasteiger partial charge in [-0.25, -0.2) is 0 Å². The lowest BCUT2D eigenvalue weighted by atomic mass is 9.95. The van der Waals surface area contributed by atoms with Gasteiger partial charge in [-0.1, -0.05) is 36.8 Å². The van der Waals surface area contributed by atoms with Crippen LogP contribution >= 0.6 is 0 Å². The summed E-state index contributed by atoms with van der Waals surface area (Å²) in [4.78, 5) is 25.8. The molecule has 2 rings (SSSR count). The molecule has 0 spiro atoms. The average Bonchev–Trinajstić information content (AvgIpc) is 2.48. The van der Waals surface area contributed by atoms with Crippen LogP contribution in [0.5, 0.6) is 0 Å². The predicted molar refractivity (Wildman–Crippen MR) is 81.1 cm³/mol. The molecule has 0 aliphatic carbocycles. The van der Waals surface area contributed by atoms with Crippen molar-refractivity contribution in [1.82, 2.24) is 4.90 Å². The summed E-state index contributed by atoms with van der Waals surface area (Å²) >= 11 is 0. The van der Waals surface area contributed by atoms with E-state index in [1.165, 1.54) is 0 Å². The largest absolute Gasteiger partial charge is 0.391 e. The number of β-amino-alcohol motifs (C(OH)–C–C–N with tert-alkyl or cyclic N) is 1. The van der Waals surface area contributed by atoms with Crippen molar-refractivity contribution >= 4 is 11.7 Å².